The van der Waals surface area contributed by atoms with Crippen molar-refractivity contribution < 1.29 is 5.11 Å². The summed E-state index contributed by atoms with van der Waals surface area (Å²) in [6.07, 6.45) is 4.24. The zero-order valence-corrected chi connectivity index (χ0v) is 9.27. The lowest BCUT2D eigenvalue weighted by Crippen LogP contribution is -2.12. The Balaban J connectivity index is 2.30. The van der Waals surface area contributed by atoms with Gasteiger partial charge in [-0.25, -0.2) is 0 Å². The van der Waals surface area contributed by atoms with Crippen molar-refractivity contribution in [1.82, 2.24) is 9.78 Å². The number of hydrogen-bond acceptors (Lipinski definition) is 2. The molecule has 80 valence electrons. The summed E-state index contributed by atoms with van der Waals surface area (Å²) in [5, 5.41) is 13.8. The van der Waals surface area contributed by atoms with Crippen molar-refractivity contribution in [3.8, 4) is 0 Å². The minimum absolute atomic E-state index is 0.176. The quantitative estimate of drug-likeness (QED) is 0.779. The first-order valence-electron chi connectivity index (χ1n) is 5.24. The fourth-order valence-electron chi connectivity index (χ4n) is 1.62. The number of rotatable bonds is 5. The van der Waals surface area contributed by atoms with Crippen LogP contribution in [0, 0.1) is 5.92 Å². The third-order valence-corrected chi connectivity index (χ3v) is 2.40. The lowest BCUT2D eigenvalue weighted by atomic mass is 10.0. The minimum atomic E-state index is -0.176. The maximum absolute atomic E-state index is 9.68. The molecule has 1 aromatic rings. The maximum Gasteiger partial charge on any atom is 0.0546 e. The first-order valence-corrected chi connectivity index (χ1v) is 5.24. The molecule has 0 aliphatic heterocycles. The van der Waals surface area contributed by atoms with E-state index in [1.807, 2.05) is 17.8 Å². The van der Waals surface area contributed by atoms with Crippen LogP contribution >= 0.6 is 0 Å². The molecule has 0 aromatic carbocycles. The monoisotopic (exact) mass is 196 g/mol. The topological polar surface area (TPSA) is 38.1 Å². The molecule has 1 aromatic heterocycles. The molecule has 0 saturated heterocycles. The normalized spacial score (nSPS) is 13.5. The van der Waals surface area contributed by atoms with E-state index in [1.54, 1.807) is 6.20 Å². The summed E-state index contributed by atoms with van der Waals surface area (Å²) in [5.74, 6) is 0.566. The van der Waals surface area contributed by atoms with Gasteiger partial charge in [-0.2, -0.15) is 5.10 Å². The van der Waals surface area contributed by atoms with E-state index in [1.165, 1.54) is 5.69 Å². The Kier molecular flexibility index (Phi) is 4.14. The second-order valence-corrected chi connectivity index (χ2v) is 4.27. The molecule has 1 unspecified atom stereocenters. The van der Waals surface area contributed by atoms with Gasteiger partial charge in [0.2, 0.25) is 0 Å². The number of aliphatic hydroxyl groups excluding tert-OH is 1. The van der Waals surface area contributed by atoms with Gasteiger partial charge in [0.25, 0.3) is 0 Å². The summed E-state index contributed by atoms with van der Waals surface area (Å²) < 4.78 is 1.86. The van der Waals surface area contributed by atoms with Crippen molar-refractivity contribution in [1.29, 1.82) is 0 Å². The molecular formula is C11H20N2O. The second kappa shape index (κ2) is 5.15. The van der Waals surface area contributed by atoms with Crippen LogP contribution in [0.2, 0.25) is 0 Å². The molecule has 1 N–H and O–H groups in total. The van der Waals surface area contributed by atoms with Crippen LogP contribution in [0.25, 0.3) is 0 Å². The molecule has 1 atom stereocenters. The smallest absolute Gasteiger partial charge is 0.0546 e. The first kappa shape index (κ1) is 11.2. The average molecular weight is 196 g/mol. The van der Waals surface area contributed by atoms with Crippen LogP contribution in [0.15, 0.2) is 12.3 Å². The van der Waals surface area contributed by atoms with Crippen molar-refractivity contribution in [2.45, 2.75) is 39.2 Å². The molecule has 0 bridgehead atoms. The van der Waals surface area contributed by atoms with E-state index < -0.39 is 0 Å². The summed E-state index contributed by atoms with van der Waals surface area (Å²) >= 11 is 0. The molecule has 3 nitrogen and oxygen atoms in total. The lowest BCUT2D eigenvalue weighted by Gasteiger charge is -2.12. The molecule has 1 rings (SSSR count). The third-order valence-electron chi connectivity index (χ3n) is 2.40. The SMILES string of the molecule is CC(C)CC(O)CCc1ccnn1C. The van der Waals surface area contributed by atoms with Crippen LogP contribution < -0.4 is 0 Å². The summed E-state index contributed by atoms with van der Waals surface area (Å²) in [7, 11) is 1.93. The zero-order chi connectivity index (χ0) is 10.6. The highest BCUT2D eigenvalue weighted by Crippen LogP contribution is 2.10. The Labute approximate surface area is 85.8 Å². The second-order valence-electron chi connectivity index (χ2n) is 4.27. The van der Waals surface area contributed by atoms with Gasteiger partial charge in [0.1, 0.15) is 0 Å². The Bertz CT molecular complexity index is 268. The molecule has 14 heavy (non-hydrogen) atoms. The molecule has 0 amide bonds. The molecule has 0 spiro atoms. The molecular weight excluding hydrogens is 176 g/mol. The maximum atomic E-state index is 9.68. The summed E-state index contributed by atoms with van der Waals surface area (Å²) in [5.41, 5.74) is 1.19. The predicted octanol–water partition coefficient (Wildman–Crippen LogP) is 1.76. The average Bonchev–Trinajstić information content (AvgIpc) is 2.46. The Morgan fingerprint density at radius 3 is 2.71 bits per heavy atom. The van der Waals surface area contributed by atoms with Gasteiger partial charge in [-0.05, 0) is 31.2 Å². The van der Waals surface area contributed by atoms with Gasteiger partial charge in [0.15, 0.2) is 0 Å². The van der Waals surface area contributed by atoms with Crippen molar-refractivity contribution >= 4 is 0 Å². The van der Waals surface area contributed by atoms with Crippen LogP contribution in [-0.2, 0) is 13.5 Å². The number of nitrogens with zero attached hydrogens (tertiary/aromatic N) is 2. The number of aromatic nitrogens is 2. The first-order chi connectivity index (χ1) is 6.59. The molecule has 0 fully saturated rings. The van der Waals surface area contributed by atoms with Crippen LogP contribution in [-0.4, -0.2) is 21.0 Å². The standard InChI is InChI=1S/C11H20N2O/c1-9(2)8-11(14)5-4-10-6-7-12-13(10)3/h6-7,9,11,14H,4-5,8H2,1-3H3. The molecule has 1 heterocycles. The van der Waals surface area contributed by atoms with E-state index in [0.717, 1.165) is 19.3 Å². The molecule has 0 aliphatic carbocycles. The molecule has 0 radical (unpaired) electrons. The van der Waals surface area contributed by atoms with E-state index >= 15 is 0 Å². The highest BCUT2D eigenvalue weighted by Gasteiger charge is 2.08. The van der Waals surface area contributed by atoms with Crippen molar-refractivity contribution in [2.75, 3.05) is 0 Å². The summed E-state index contributed by atoms with van der Waals surface area (Å²) in [4.78, 5) is 0. The van der Waals surface area contributed by atoms with E-state index in [9.17, 15) is 5.11 Å². The Hall–Kier alpha value is -0.830. The van der Waals surface area contributed by atoms with Gasteiger partial charge in [-0.1, -0.05) is 13.8 Å². The molecule has 3 heteroatoms. The van der Waals surface area contributed by atoms with Crippen LogP contribution in [0.4, 0.5) is 0 Å². The number of aryl methyl sites for hydroxylation is 2. The highest BCUT2D eigenvalue weighted by atomic mass is 16.3. The predicted molar refractivity (Wildman–Crippen MR) is 57.0 cm³/mol. The lowest BCUT2D eigenvalue weighted by molar-refractivity contribution is 0.139. The Morgan fingerprint density at radius 1 is 1.50 bits per heavy atom. The number of aliphatic hydroxyl groups is 1. The largest absolute Gasteiger partial charge is 0.393 e. The van der Waals surface area contributed by atoms with E-state index in [-0.39, 0.29) is 6.10 Å². The van der Waals surface area contributed by atoms with Crippen molar-refractivity contribution in [3.05, 3.63) is 18.0 Å². The van der Waals surface area contributed by atoms with Gasteiger partial charge in [0.05, 0.1) is 6.10 Å². The fraction of sp³-hybridized carbons (Fsp3) is 0.727. The van der Waals surface area contributed by atoms with Crippen molar-refractivity contribution in [2.24, 2.45) is 13.0 Å². The van der Waals surface area contributed by atoms with Crippen molar-refractivity contribution in [3.63, 3.8) is 0 Å². The zero-order valence-electron chi connectivity index (χ0n) is 9.27. The summed E-state index contributed by atoms with van der Waals surface area (Å²) in [6, 6.07) is 2.00. The van der Waals surface area contributed by atoms with Gasteiger partial charge in [-0.3, -0.25) is 4.68 Å². The fourth-order valence-corrected chi connectivity index (χ4v) is 1.62. The minimum Gasteiger partial charge on any atom is -0.393 e. The van der Waals surface area contributed by atoms with E-state index in [0.29, 0.717) is 5.92 Å². The van der Waals surface area contributed by atoms with Crippen LogP contribution in [0.5, 0.6) is 0 Å². The highest BCUT2D eigenvalue weighted by molar-refractivity contribution is 5.00. The van der Waals surface area contributed by atoms with Gasteiger partial charge >= 0.3 is 0 Å². The summed E-state index contributed by atoms with van der Waals surface area (Å²) in [6.45, 7) is 4.26. The van der Waals surface area contributed by atoms with Crippen LogP contribution in [0.1, 0.15) is 32.4 Å². The third kappa shape index (κ3) is 3.50. The number of hydrogen-bond donors (Lipinski definition) is 1. The van der Waals surface area contributed by atoms with E-state index in [2.05, 4.69) is 18.9 Å². The van der Waals surface area contributed by atoms with Gasteiger partial charge < -0.3 is 5.11 Å². The Morgan fingerprint density at radius 2 is 2.21 bits per heavy atom. The van der Waals surface area contributed by atoms with Crippen LogP contribution in [0.3, 0.4) is 0 Å². The van der Waals surface area contributed by atoms with Gasteiger partial charge in [0, 0.05) is 18.9 Å². The molecule has 0 saturated carbocycles. The van der Waals surface area contributed by atoms with E-state index in [4.69, 9.17) is 0 Å². The molecule has 0 aliphatic rings. The van der Waals surface area contributed by atoms with Gasteiger partial charge in [-0.15, -0.1) is 0 Å².